The SMILES string of the molecule is CCN(Cc1cccc(Oc2ccccc2OC)c1)C1CCCN(C(=O)Cc2ccccc2Br)C1. The summed E-state index contributed by atoms with van der Waals surface area (Å²) in [4.78, 5) is 17.6. The molecule has 184 valence electrons. The van der Waals surface area contributed by atoms with E-state index in [-0.39, 0.29) is 5.91 Å². The highest BCUT2D eigenvalue weighted by Crippen LogP contribution is 2.31. The van der Waals surface area contributed by atoms with Gasteiger partial charge in [-0.15, -0.1) is 0 Å². The lowest BCUT2D eigenvalue weighted by atomic mass is 10.0. The number of methoxy groups -OCH3 is 1. The quantitative estimate of drug-likeness (QED) is 0.321. The van der Waals surface area contributed by atoms with Crippen LogP contribution in [-0.4, -0.2) is 48.5 Å². The normalized spacial score (nSPS) is 15.8. The highest BCUT2D eigenvalue weighted by Gasteiger charge is 2.27. The summed E-state index contributed by atoms with van der Waals surface area (Å²) in [6, 6.07) is 24.2. The second-order valence-electron chi connectivity index (χ2n) is 8.87. The molecule has 0 spiro atoms. The summed E-state index contributed by atoms with van der Waals surface area (Å²) in [5.41, 5.74) is 2.23. The van der Waals surface area contributed by atoms with Crippen molar-refractivity contribution in [3.63, 3.8) is 0 Å². The van der Waals surface area contributed by atoms with E-state index in [1.54, 1.807) is 7.11 Å². The zero-order chi connectivity index (χ0) is 24.6. The summed E-state index contributed by atoms with van der Waals surface area (Å²) in [5.74, 6) is 2.40. The minimum atomic E-state index is 0.199. The Morgan fingerprint density at radius 1 is 1.06 bits per heavy atom. The monoisotopic (exact) mass is 536 g/mol. The minimum absolute atomic E-state index is 0.199. The van der Waals surface area contributed by atoms with Crippen LogP contribution in [0.4, 0.5) is 0 Å². The first-order valence-electron chi connectivity index (χ1n) is 12.2. The fraction of sp³-hybridized carbons (Fsp3) is 0.345. The lowest BCUT2D eigenvalue weighted by Crippen LogP contribution is -2.49. The number of carbonyl (C=O) groups is 1. The second-order valence-corrected chi connectivity index (χ2v) is 9.72. The van der Waals surface area contributed by atoms with Crippen LogP contribution in [0.25, 0.3) is 0 Å². The number of likely N-dealkylation sites (N-methyl/N-ethyl adjacent to an activating group) is 1. The molecule has 0 aromatic heterocycles. The maximum atomic E-state index is 13.1. The van der Waals surface area contributed by atoms with Crippen LogP contribution >= 0.6 is 15.9 Å². The maximum absolute atomic E-state index is 13.1. The van der Waals surface area contributed by atoms with Crippen molar-refractivity contribution in [3.05, 3.63) is 88.4 Å². The largest absolute Gasteiger partial charge is 0.493 e. The van der Waals surface area contributed by atoms with Gasteiger partial charge in [0.05, 0.1) is 13.5 Å². The zero-order valence-electron chi connectivity index (χ0n) is 20.5. The van der Waals surface area contributed by atoms with Crippen LogP contribution in [0.15, 0.2) is 77.3 Å². The van der Waals surface area contributed by atoms with Crippen molar-refractivity contribution in [2.24, 2.45) is 0 Å². The lowest BCUT2D eigenvalue weighted by molar-refractivity contribution is -0.132. The molecule has 1 heterocycles. The van der Waals surface area contributed by atoms with Gasteiger partial charge in [-0.05, 0) is 60.8 Å². The third-order valence-electron chi connectivity index (χ3n) is 6.55. The van der Waals surface area contributed by atoms with Crippen LogP contribution in [0.5, 0.6) is 17.2 Å². The summed E-state index contributed by atoms with van der Waals surface area (Å²) in [6.45, 7) is 5.54. The van der Waals surface area contributed by atoms with Crippen molar-refractivity contribution in [1.29, 1.82) is 0 Å². The molecule has 35 heavy (non-hydrogen) atoms. The Balaban J connectivity index is 1.40. The molecular weight excluding hydrogens is 504 g/mol. The fourth-order valence-corrected chi connectivity index (χ4v) is 5.09. The maximum Gasteiger partial charge on any atom is 0.227 e. The van der Waals surface area contributed by atoms with Crippen LogP contribution in [0.1, 0.15) is 30.9 Å². The molecule has 0 N–H and O–H groups in total. The van der Waals surface area contributed by atoms with Gasteiger partial charge in [0.25, 0.3) is 0 Å². The molecule has 1 aliphatic heterocycles. The van der Waals surface area contributed by atoms with E-state index < -0.39 is 0 Å². The van der Waals surface area contributed by atoms with Gasteiger partial charge in [0.1, 0.15) is 5.75 Å². The number of nitrogens with zero attached hydrogens (tertiary/aromatic N) is 2. The Morgan fingerprint density at radius 2 is 1.83 bits per heavy atom. The van der Waals surface area contributed by atoms with Crippen molar-refractivity contribution >= 4 is 21.8 Å². The Hall–Kier alpha value is -2.83. The standard InChI is InChI=1S/C29H33BrN2O3/c1-3-31(20-22-10-8-13-25(18-22)35-28-16-7-6-15-27(28)34-2)24-12-9-17-32(21-24)29(33)19-23-11-4-5-14-26(23)30/h4-8,10-11,13-16,18,24H,3,9,12,17,19-21H2,1-2H3. The van der Waals surface area contributed by atoms with Crippen molar-refractivity contribution in [1.82, 2.24) is 9.80 Å². The third kappa shape index (κ3) is 6.65. The van der Waals surface area contributed by atoms with Crippen molar-refractivity contribution < 1.29 is 14.3 Å². The molecule has 1 unspecified atom stereocenters. The van der Waals surface area contributed by atoms with E-state index in [2.05, 4.69) is 39.9 Å². The summed E-state index contributed by atoms with van der Waals surface area (Å²) < 4.78 is 12.5. The molecule has 0 bridgehead atoms. The van der Waals surface area contributed by atoms with E-state index in [1.807, 2.05) is 65.6 Å². The molecule has 3 aromatic rings. The molecule has 1 aliphatic rings. The molecule has 0 aliphatic carbocycles. The van der Waals surface area contributed by atoms with Crippen LogP contribution in [0, 0.1) is 0 Å². The van der Waals surface area contributed by atoms with E-state index in [0.29, 0.717) is 24.0 Å². The number of benzene rings is 3. The molecule has 4 rings (SSSR count). The van der Waals surface area contributed by atoms with E-state index in [9.17, 15) is 4.79 Å². The number of ether oxygens (including phenoxy) is 2. The third-order valence-corrected chi connectivity index (χ3v) is 7.33. The van der Waals surface area contributed by atoms with Gasteiger partial charge in [-0.3, -0.25) is 9.69 Å². The van der Waals surface area contributed by atoms with Gasteiger partial charge >= 0.3 is 0 Å². The van der Waals surface area contributed by atoms with Crippen LogP contribution < -0.4 is 9.47 Å². The average molecular weight is 537 g/mol. The predicted molar refractivity (Wildman–Crippen MR) is 143 cm³/mol. The molecular formula is C29H33BrN2O3. The van der Waals surface area contributed by atoms with Gasteiger partial charge in [-0.1, -0.05) is 65.3 Å². The molecule has 1 saturated heterocycles. The van der Waals surface area contributed by atoms with E-state index >= 15 is 0 Å². The summed E-state index contributed by atoms with van der Waals surface area (Å²) in [5, 5.41) is 0. The molecule has 5 nitrogen and oxygen atoms in total. The fourth-order valence-electron chi connectivity index (χ4n) is 4.67. The number of rotatable bonds is 9. The Morgan fingerprint density at radius 3 is 2.60 bits per heavy atom. The van der Waals surface area contributed by atoms with Crippen molar-refractivity contribution in [2.45, 2.75) is 38.8 Å². The first-order chi connectivity index (χ1) is 17.1. The molecule has 1 atom stereocenters. The van der Waals surface area contributed by atoms with E-state index in [0.717, 1.165) is 54.8 Å². The van der Waals surface area contributed by atoms with Crippen LogP contribution in [-0.2, 0) is 17.8 Å². The minimum Gasteiger partial charge on any atom is -0.493 e. The second kappa shape index (κ2) is 12.2. The Kier molecular flexibility index (Phi) is 8.83. The van der Waals surface area contributed by atoms with Crippen LogP contribution in [0.3, 0.4) is 0 Å². The highest BCUT2D eigenvalue weighted by atomic mass is 79.9. The van der Waals surface area contributed by atoms with Gasteiger partial charge in [0, 0.05) is 30.1 Å². The molecule has 0 saturated carbocycles. The van der Waals surface area contributed by atoms with Crippen molar-refractivity contribution in [2.75, 3.05) is 26.7 Å². The van der Waals surface area contributed by atoms with Gasteiger partial charge in [0.2, 0.25) is 5.91 Å². The lowest BCUT2D eigenvalue weighted by Gasteiger charge is -2.39. The number of hydrogen-bond acceptors (Lipinski definition) is 4. The number of piperidine rings is 1. The number of carbonyl (C=O) groups excluding carboxylic acids is 1. The van der Waals surface area contributed by atoms with E-state index in [4.69, 9.17) is 9.47 Å². The van der Waals surface area contributed by atoms with Gasteiger partial charge < -0.3 is 14.4 Å². The molecule has 3 aromatic carbocycles. The van der Waals surface area contributed by atoms with E-state index in [1.165, 1.54) is 5.56 Å². The summed E-state index contributed by atoms with van der Waals surface area (Å²) in [6.07, 6.45) is 2.56. The number of halogens is 1. The molecule has 6 heteroatoms. The number of hydrogen-bond donors (Lipinski definition) is 0. The Labute approximate surface area is 216 Å². The predicted octanol–water partition coefficient (Wildman–Crippen LogP) is 6.31. The highest BCUT2D eigenvalue weighted by molar-refractivity contribution is 9.10. The molecule has 0 radical (unpaired) electrons. The number of amides is 1. The number of para-hydroxylation sites is 2. The molecule has 1 fully saturated rings. The van der Waals surface area contributed by atoms with Crippen LogP contribution in [0.2, 0.25) is 0 Å². The van der Waals surface area contributed by atoms with Gasteiger partial charge in [0.15, 0.2) is 11.5 Å². The van der Waals surface area contributed by atoms with Gasteiger partial charge in [-0.25, -0.2) is 0 Å². The number of likely N-dealkylation sites (tertiary alicyclic amines) is 1. The summed E-state index contributed by atoms with van der Waals surface area (Å²) >= 11 is 3.57. The topological polar surface area (TPSA) is 42.0 Å². The first-order valence-corrected chi connectivity index (χ1v) is 13.0. The van der Waals surface area contributed by atoms with Crippen molar-refractivity contribution in [3.8, 4) is 17.2 Å². The average Bonchev–Trinajstić information content (AvgIpc) is 2.89. The smallest absolute Gasteiger partial charge is 0.227 e. The summed E-state index contributed by atoms with van der Waals surface area (Å²) in [7, 11) is 1.65. The zero-order valence-corrected chi connectivity index (χ0v) is 22.0. The molecule has 1 amide bonds. The van der Waals surface area contributed by atoms with Gasteiger partial charge in [-0.2, -0.15) is 0 Å². The first kappa shape index (κ1) is 25.3. The Bertz CT molecular complexity index is 1140.